The van der Waals surface area contributed by atoms with Gasteiger partial charge in [0.2, 0.25) is 0 Å². The van der Waals surface area contributed by atoms with Crippen molar-refractivity contribution in [1.82, 2.24) is 0 Å². The quantitative estimate of drug-likeness (QED) is 0.717. The second kappa shape index (κ2) is 5.30. The molecule has 0 N–H and O–H groups in total. The van der Waals surface area contributed by atoms with E-state index in [4.69, 9.17) is 11.6 Å². The molecule has 3 heteroatoms. The Labute approximate surface area is 87.5 Å². The highest BCUT2D eigenvalue weighted by Crippen LogP contribution is 2.16. The molecule has 0 amide bonds. The number of carbonyl (C=O) groups is 1. The molecule has 0 fully saturated rings. The zero-order valence-electron chi connectivity index (χ0n) is 7.42. The number of aldehydes is 1. The van der Waals surface area contributed by atoms with Crippen LogP contribution in [0.3, 0.4) is 0 Å². The fraction of sp³-hybridized carbons (Fsp3) is 0.300. The van der Waals surface area contributed by atoms with Crippen LogP contribution in [-0.2, 0) is 6.42 Å². The minimum Gasteiger partial charge on any atom is -0.298 e. The zero-order valence-corrected chi connectivity index (χ0v) is 8.99. The minimum absolute atomic E-state index is 0.620. The van der Waals surface area contributed by atoms with E-state index in [2.05, 4.69) is 6.26 Å². The third-order valence-electron chi connectivity index (χ3n) is 1.81. The predicted molar refractivity (Wildman–Crippen MR) is 58.9 cm³/mol. The molecule has 0 radical (unpaired) electrons. The lowest BCUT2D eigenvalue weighted by Crippen LogP contribution is -1.94. The minimum atomic E-state index is 0.620. The molecule has 0 atom stereocenters. The SMILES string of the molecule is CSCCc1ccc(Cl)cc1C=O. The highest BCUT2D eigenvalue weighted by Gasteiger charge is 2.01. The summed E-state index contributed by atoms with van der Waals surface area (Å²) in [6, 6.07) is 5.46. The van der Waals surface area contributed by atoms with E-state index >= 15 is 0 Å². The van der Waals surface area contributed by atoms with E-state index in [1.54, 1.807) is 17.8 Å². The number of rotatable bonds is 4. The maximum Gasteiger partial charge on any atom is 0.150 e. The first-order valence-electron chi connectivity index (χ1n) is 4.00. The van der Waals surface area contributed by atoms with Crippen LogP contribution in [0.2, 0.25) is 5.02 Å². The van der Waals surface area contributed by atoms with E-state index in [9.17, 15) is 4.79 Å². The largest absolute Gasteiger partial charge is 0.298 e. The Morgan fingerprint density at radius 2 is 2.31 bits per heavy atom. The fourth-order valence-corrected chi connectivity index (χ4v) is 1.72. The van der Waals surface area contributed by atoms with Gasteiger partial charge in [0.1, 0.15) is 6.29 Å². The number of halogens is 1. The first kappa shape index (κ1) is 10.6. The number of aryl methyl sites for hydroxylation is 1. The van der Waals surface area contributed by atoms with Gasteiger partial charge in [-0.3, -0.25) is 4.79 Å². The van der Waals surface area contributed by atoms with Crippen molar-refractivity contribution in [3.63, 3.8) is 0 Å². The van der Waals surface area contributed by atoms with E-state index in [0.717, 1.165) is 24.0 Å². The third-order valence-corrected chi connectivity index (χ3v) is 2.66. The van der Waals surface area contributed by atoms with Crippen LogP contribution in [0.4, 0.5) is 0 Å². The summed E-state index contributed by atoms with van der Waals surface area (Å²) in [6.07, 6.45) is 3.84. The van der Waals surface area contributed by atoms with Gasteiger partial charge in [-0.05, 0) is 36.1 Å². The standard InChI is InChI=1S/C10H11ClOS/c1-13-5-4-8-2-3-10(11)6-9(8)7-12/h2-3,6-7H,4-5H2,1H3. The summed E-state index contributed by atoms with van der Waals surface area (Å²) in [7, 11) is 0. The predicted octanol–water partition coefficient (Wildman–Crippen LogP) is 3.06. The maximum atomic E-state index is 10.7. The first-order valence-corrected chi connectivity index (χ1v) is 5.77. The van der Waals surface area contributed by atoms with Crippen LogP contribution in [0.5, 0.6) is 0 Å². The Balaban J connectivity index is 2.86. The van der Waals surface area contributed by atoms with Crippen LogP contribution in [0.25, 0.3) is 0 Å². The van der Waals surface area contributed by atoms with E-state index in [0.29, 0.717) is 10.6 Å². The molecule has 70 valence electrons. The lowest BCUT2D eigenvalue weighted by Gasteiger charge is -2.03. The van der Waals surface area contributed by atoms with Gasteiger partial charge >= 0.3 is 0 Å². The lowest BCUT2D eigenvalue weighted by molar-refractivity contribution is 0.112. The normalized spacial score (nSPS) is 10.0. The molecule has 0 saturated heterocycles. The average molecular weight is 215 g/mol. The molecule has 0 bridgehead atoms. The summed E-state index contributed by atoms with van der Waals surface area (Å²) in [5.74, 6) is 1.03. The Kier molecular flexibility index (Phi) is 4.33. The molecular formula is C10H11ClOS. The number of hydrogen-bond donors (Lipinski definition) is 0. The molecule has 0 aliphatic carbocycles. The fourth-order valence-electron chi connectivity index (χ4n) is 1.12. The van der Waals surface area contributed by atoms with Crippen LogP contribution in [-0.4, -0.2) is 18.3 Å². The van der Waals surface area contributed by atoms with Gasteiger partial charge in [-0.15, -0.1) is 0 Å². The van der Waals surface area contributed by atoms with Crippen LogP contribution < -0.4 is 0 Å². The van der Waals surface area contributed by atoms with E-state index in [-0.39, 0.29) is 0 Å². The molecule has 0 aliphatic heterocycles. The van der Waals surface area contributed by atoms with Crippen molar-refractivity contribution in [3.05, 3.63) is 34.3 Å². The van der Waals surface area contributed by atoms with Crippen molar-refractivity contribution < 1.29 is 4.79 Å². The topological polar surface area (TPSA) is 17.1 Å². The first-order chi connectivity index (χ1) is 6.27. The van der Waals surface area contributed by atoms with E-state index in [1.807, 2.05) is 12.1 Å². The molecule has 1 nitrogen and oxygen atoms in total. The van der Waals surface area contributed by atoms with E-state index in [1.165, 1.54) is 0 Å². The summed E-state index contributed by atoms with van der Waals surface area (Å²) in [5, 5.41) is 0.620. The molecule has 0 spiro atoms. The second-order valence-electron chi connectivity index (χ2n) is 2.70. The van der Waals surface area contributed by atoms with Crippen molar-refractivity contribution in [3.8, 4) is 0 Å². The molecule has 0 heterocycles. The average Bonchev–Trinajstić information content (AvgIpc) is 2.16. The van der Waals surface area contributed by atoms with Crippen LogP contribution in [0.1, 0.15) is 15.9 Å². The highest BCUT2D eigenvalue weighted by molar-refractivity contribution is 7.98. The molecule has 0 aromatic heterocycles. The Morgan fingerprint density at radius 3 is 2.92 bits per heavy atom. The summed E-state index contributed by atoms with van der Waals surface area (Å²) >= 11 is 7.54. The lowest BCUT2D eigenvalue weighted by atomic mass is 10.1. The van der Waals surface area contributed by atoms with Gasteiger partial charge < -0.3 is 0 Å². The number of benzene rings is 1. The third kappa shape index (κ3) is 3.05. The molecule has 1 aromatic carbocycles. The Hall–Kier alpha value is -0.470. The summed E-state index contributed by atoms with van der Waals surface area (Å²) in [5.41, 5.74) is 1.79. The van der Waals surface area contributed by atoms with E-state index < -0.39 is 0 Å². The summed E-state index contributed by atoms with van der Waals surface area (Å²) < 4.78 is 0. The Morgan fingerprint density at radius 1 is 1.54 bits per heavy atom. The molecule has 13 heavy (non-hydrogen) atoms. The highest BCUT2D eigenvalue weighted by atomic mass is 35.5. The summed E-state index contributed by atoms with van der Waals surface area (Å²) in [4.78, 5) is 10.7. The number of hydrogen-bond acceptors (Lipinski definition) is 2. The molecule has 0 unspecified atom stereocenters. The van der Waals surface area contributed by atoms with Crippen molar-refractivity contribution in [2.75, 3.05) is 12.0 Å². The summed E-state index contributed by atoms with van der Waals surface area (Å²) in [6.45, 7) is 0. The smallest absolute Gasteiger partial charge is 0.150 e. The molecule has 0 aliphatic rings. The Bertz CT molecular complexity index is 299. The van der Waals surface area contributed by atoms with Gasteiger partial charge in [-0.1, -0.05) is 17.7 Å². The van der Waals surface area contributed by atoms with Gasteiger partial charge in [0.15, 0.2) is 0 Å². The van der Waals surface area contributed by atoms with Crippen molar-refractivity contribution in [2.24, 2.45) is 0 Å². The second-order valence-corrected chi connectivity index (χ2v) is 4.13. The van der Waals surface area contributed by atoms with Crippen molar-refractivity contribution in [1.29, 1.82) is 0 Å². The van der Waals surface area contributed by atoms with Crippen LogP contribution in [0.15, 0.2) is 18.2 Å². The van der Waals surface area contributed by atoms with Crippen molar-refractivity contribution in [2.45, 2.75) is 6.42 Å². The monoisotopic (exact) mass is 214 g/mol. The van der Waals surface area contributed by atoms with Crippen molar-refractivity contribution >= 4 is 29.6 Å². The number of carbonyl (C=O) groups excluding carboxylic acids is 1. The van der Waals surface area contributed by atoms with Gasteiger partial charge in [-0.2, -0.15) is 11.8 Å². The molecule has 1 aromatic rings. The van der Waals surface area contributed by atoms with Crippen LogP contribution >= 0.6 is 23.4 Å². The van der Waals surface area contributed by atoms with Gasteiger partial charge in [0, 0.05) is 10.6 Å². The van der Waals surface area contributed by atoms with Gasteiger partial charge in [-0.25, -0.2) is 0 Å². The van der Waals surface area contributed by atoms with Gasteiger partial charge in [0.25, 0.3) is 0 Å². The zero-order chi connectivity index (χ0) is 9.68. The van der Waals surface area contributed by atoms with Crippen LogP contribution in [0, 0.1) is 0 Å². The molecular weight excluding hydrogens is 204 g/mol. The maximum absolute atomic E-state index is 10.7. The molecule has 0 saturated carbocycles. The molecule has 1 rings (SSSR count). The van der Waals surface area contributed by atoms with Gasteiger partial charge in [0.05, 0.1) is 0 Å². The number of thioether (sulfide) groups is 1.